The van der Waals surface area contributed by atoms with Crippen molar-refractivity contribution in [2.24, 2.45) is 5.92 Å². The summed E-state index contributed by atoms with van der Waals surface area (Å²) in [6.45, 7) is 5.14. The second-order valence-electron chi connectivity index (χ2n) is 4.01. The number of aliphatic hydroxyl groups is 1. The minimum Gasteiger partial charge on any atom is -0.394 e. The molecule has 0 radical (unpaired) electrons. The summed E-state index contributed by atoms with van der Waals surface area (Å²) >= 11 is 0. The summed E-state index contributed by atoms with van der Waals surface area (Å²) in [4.78, 5) is 0. The third kappa shape index (κ3) is 4.07. The Morgan fingerprint density at radius 2 is 2.31 bits per heavy atom. The molecule has 1 N–H and O–H groups in total. The summed E-state index contributed by atoms with van der Waals surface area (Å²) in [5.74, 6) is 0.554. The molecule has 0 saturated carbocycles. The van der Waals surface area contributed by atoms with Gasteiger partial charge in [0.1, 0.15) is 0 Å². The van der Waals surface area contributed by atoms with E-state index in [0.717, 1.165) is 25.9 Å². The van der Waals surface area contributed by atoms with Crippen molar-refractivity contribution in [3.8, 4) is 0 Å². The molecule has 1 unspecified atom stereocenters. The average molecular weight is 188 g/mol. The lowest BCUT2D eigenvalue weighted by Gasteiger charge is -2.21. The third-order valence-corrected chi connectivity index (χ3v) is 2.17. The van der Waals surface area contributed by atoms with Crippen LogP contribution in [0.15, 0.2) is 0 Å². The van der Waals surface area contributed by atoms with Gasteiger partial charge in [-0.25, -0.2) is 0 Å². The molecular weight excluding hydrogens is 168 g/mol. The molecule has 0 aliphatic carbocycles. The highest BCUT2D eigenvalue weighted by Gasteiger charge is 2.21. The lowest BCUT2D eigenvalue weighted by molar-refractivity contribution is -0.157. The van der Waals surface area contributed by atoms with E-state index in [1.165, 1.54) is 0 Å². The van der Waals surface area contributed by atoms with Gasteiger partial charge in [0.25, 0.3) is 0 Å². The number of ether oxygens (including phenoxy) is 2. The fourth-order valence-electron chi connectivity index (χ4n) is 1.57. The molecule has 78 valence electrons. The summed E-state index contributed by atoms with van der Waals surface area (Å²) in [6.07, 6.45) is 2.81. The van der Waals surface area contributed by atoms with Gasteiger partial charge in [0.15, 0.2) is 6.29 Å². The molecule has 0 aromatic rings. The van der Waals surface area contributed by atoms with Crippen molar-refractivity contribution in [3.63, 3.8) is 0 Å². The first kappa shape index (κ1) is 11.0. The monoisotopic (exact) mass is 188 g/mol. The van der Waals surface area contributed by atoms with Crippen LogP contribution in [-0.4, -0.2) is 30.7 Å². The normalized spacial score (nSPS) is 25.4. The number of hydrogen-bond donors (Lipinski definition) is 1. The topological polar surface area (TPSA) is 38.7 Å². The van der Waals surface area contributed by atoms with E-state index in [0.29, 0.717) is 5.92 Å². The van der Waals surface area contributed by atoms with Crippen LogP contribution in [0, 0.1) is 5.92 Å². The van der Waals surface area contributed by atoms with Gasteiger partial charge in [-0.3, -0.25) is 0 Å². The van der Waals surface area contributed by atoms with E-state index in [2.05, 4.69) is 13.8 Å². The molecule has 1 aliphatic rings. The second-order valence-corrected chi connectivity index (χ2v) is 4.01. The van der Waals surface area contributed by atoms with E-state index in [9.17, 15) is 0 Å². The maximum Gasteiger partial charge on any atom is 0.158 e. The van der Waals surface area contributed by atoms with Crippen molar-refractivity contribution < 1.29 is 14.6 Å². The molecule has 2 atom stereocenters. The van der Waals surface area contributed by atoms with Gasteiger partial charge >= 0.3 is 0 Å². The van der Waals surface area contributed by atoms with E-state index >= 15 is 0 Å². The summed E-state index contributed by atoms with van der Waals surface area (Å²) in [5.41, 5.74) is 0. The van der Waals surface area contributed by atoms with Gasteiger partial charge in [-0.15, -0.1) is 0 Å². The predicted molar refractivity (Wildman–Crippen MR) is 50.4 cm³/mol. The summed E-state index contributed by atoms with van der Waals surface area (Å²) in [6, 6.07) is 0. The molecule has 0 aromatic carbocycles. The molecule has 13 heavy (non-hydrogen) atoms. The van der Waals surface area contributed by atoms with Crippen molar-refractivity contribution in [3.05, 3.63) is 0 Å². The number of hydrogen-bond acceptors (Lipinski definition) is 3. The Hall–Kier alpha value is -0.120. The molecule has 3 nitrogen and oxygen atoms in total. The highest BCUT2D eigenvalue weighted by Crippen LogP contribution is 2.18. The van der Waals surface area contributed by atoms with E-state index in [1.807, 2.05) is 0 Å². The SMILES string of the molecule is CC(C)C[C@@H](CO)OC1CCCO1. The summed E-state index contributed by atoms with van der Waals surface area (Å²) < 4.78 is 10.9. The van der Waals surface area contributed by atoms with E-state index in [-0.39, 0.29) is 19.0 Å². The van der Waals surface area contributed by atoms with Crippen LogP contribution in [-0.2, 0) is 9.47 Å². The molecule has 1 heterocycles. The van der Waals surface area contributed by atoms with Gasteiger partial charge in [-0.1, -0.05) is 13.8 Å². The minimum atomic E-state index is -0.0732. The Morgan fingerprint density at radius 1 is 1.54 bits per heavy atom. The molecule has 1 fully saturated rings. The van der Waals surface area contributed by atoms with Gasteiger partial charge in [0.05, 0.1) is 12.7 Å². The fourth-order valence-corrected chi connectivity index (χ4v) is 1.57. The molecule has 3 heteroatoms. The zero-order valence-corrected chi connectivity index (χ0v) is 8.53. The standard InChI is InChI=1S/C10H20O3/c1-8(2)6-9(7-11)13-10-4-3-5-12-10/h8-11H,3-7H2,1-2H3/t9-,10?/m0/s1. The Labute approximate surface area is 80.0 Å². The molecule has 1 rings (SSSR count). The van der Waals surface area contributed by atoms with Gasteiger partial charge in [-0.05, 0) is 18.8 Å². The average Bonchev–Trinajstić information content (AvgIpc) is 2.55. The zero-order chi connectivity index (χ0) is 9.68. The Balaban J connectivity index is 2.21. The molecular formula is C10H20O3. The van der Waals surface area contributed by atoms with Crippen LogP contribution in [0.1, 0.15) is 33.1 Å². The van der Waals surface area contributed by atoms with Gasteiger partial charge < -0.3 is 14.6 Å². The zero-order valence-electron chi connectivity index (χ0n) is 8.53. The first-order valence-corrected chi connectivity index (χ1v) is 5.10. The third-order valence-electron chi connectivity index (χ3n) is 2.17. The lowest BCUT2D eigenvalue weighted by Crippen LogP contribution is -2.26. The molecule has 0 spiro atoms. The maximum absolute atomic E-state index is 9.05. The van der Waals surface area contributed by atoms with Crippen LogP contribution in [0.25, 0.3) is 0 Å². The van der Waals surface area contributed by atoms with Crippen molar-refractivity contribution in [2.75, 3.05) is 13.2 Å². The molecule has 0 aromatic heterocycles. The highest BCUT2D eigenvalue weighted by molar-refractivity contribution is 4.63. The van der Waals surface area contributed by atoms with Crippen LogP contribution < -0.4 is 0 Å². The van der Waals surface area contributed by atoms with E-state index in [4.69, 9.17) is 14.6 Å². The summed E-state index contributed by atoms with van der Waals surface area (Å²) in [7, 11) is 0. The van der Waals surface area contributed by atoms with Crippen LogP contribution in [0.4, 0.5) is 0 Å². The van der Waals surface area contributed by atoms with E-state index in [1.54, 1.807) is 0 Å². The van der Waals surface area contributed by atoms with Crippen molar-refractivity contribution in [1.29, 1.82) is 0 Å². The maximum atomic E-state index is 9.05. The minimum absolute atomic E-state index is 0.0527. The quantitative estimate of drug-likeness (QED) is 0.711. The van der Waals surface area contributed by atoms with Crippen LogP contribution in [0.2, 0.25) is 0 Å². The Bertz CT molecular complexity index is 130. The Morgan fingerprint density at radius 3 is 2.77 bits per heavy atom. The van der Waals surface area contributed by atoms with Gasteiger partial charge in [0, 0.05) is 13.0 Å². The number of rotatable bonds is 5. The Kier molecular flexibility index (Phi) is 4.70. The number of aliphatic hydroxyl groups excluding tert-OH is 1. The van der Waals surface area contributed by atoms with Crippen molar-refractivity contribution in [1.82, 2.24) is 0 Å². The van der Waals surface area contributed by atoms with Crippen LogP contribution in [0.5, 0.6) is 0 Å². The van der Waals surface area contributed by atoms with Crippen LogP contribution >= 0.6 is 0 Å². The first-order valence-electron chi connectivity index (χ1n) is 5.10. The fraction of sp³-hybridized carbons (Fsp3) is 1.00. The molecule has 0 amide bonds. The van der Waals surface area contributed by atoms with Gasteiger partial charge in [-0.2, -0.15) is 0 Å². The summed E-state index contributed by atoms with van der Waals surface area (Å²) in [5, 5.41) is 9.05. The second kappa shape index (κ2) is 5.58. The van der Waals surface area contributed by atoms with Crippen molar-refractivity contribution in [2.45, 2.75) is 45.5 Å². The largest absolute Gasteiger partial charge is 0.394 e. The van der Waals surface area contributed by atoms with E-state index < -0.39 is 0 Å². The van der Waals surface area contributed by atoms with Gasteiger partial charge in [0.2, 0.25) is 0 Å². The lowest BCUT2D eigenvalue weighted by atomic mass is 10.1. The van der Waals surface area contributed by atoms with Crippen molar-refractivity contribution >= 4 is 0 Å². The smallest absolute Gasteiger partial charge is 0.158 e. The predicted octanol–water partition coefficient (Wildman–Crippen LogP) is 1.55. The highest BCUT2D eigenvalue weighted by atomic mass is 16.7. The first-order chi connectivity index (χ1) is 6.22. The molecule has 0 bridgehead atoms. The molecule has 1 saturated heterocycles. The molecule has 1 aliphatic heterocycles. The van der Waals surface area contributed by atoms with Crippen LogP contribution in [0.3, 0.4) is 0 Å².